The lowest BCUT2D eigenvalue weighted by Crippen LogP contribution is -2.35. The van der Waals surface area contributed by atoms with Crippen LogP contribution in [0.25, 0.3) is 0 Å². The van der Waals surface area contributed by atoms with E-state index >= 15 is 0 Å². The highest BCUT2D eigenvalue weighted by Gasteiger charge is 2.29. The lowest BCUT2D eigenvalue weighted by atomic mass is 9.81. The van der Waals surface area contributed by atoms with Crippen LogP contribution in [0, 0.1) is 11.8 Å². The van der Waals surface area contributed by atoms with Gasteiger partial charge in [-0.1, -0.05) is 12.1 Å². The number of hydrogen-bond acceptors (Lipinski definition) is 3. The van der Waals surface area contributed by atoms with Gasteiger partial charge in [0.1, 0.15) is 0 Å². The summed E-state index contributed by atoms with van der Waals surface area (Å²) in [5.41, 5.74) is 6.64. The molecule has 1 aliphatic rings. The molecule has 6 nitrogen and oxygen atoms in total. The van der Waals surface area contributed by atoms with Crippen molar-refractivity contribution < 1.29 is 19.5 Å². The quantitative estimate of drug-likeness (QED) is 0.735. The average molecular weight is 318 g/mol. The summed E-state index contributed by atoms with van der Waals surface area (Å²) in [4.78, 5) is 34.1. The van der Waals surface area contributed by atoms with Gasteiger partial charge in [-0.05, 0) is 49.8 Å². The number of carboxylic acids is 1. The van der Waals surface area contributed by atoms with E-state index < -0.39 is 11.9 Å². The van der Waals surface area contributed by atoms with Crippen molar-refractivity contribution in [3.63, 3.8) is 0 Å². The molecule has 0 heterocycles. The van der Waals surface area contributed by atoms with Crippen molar-refractivity contribution in [1.82, 2.24) is 5.32 Å². The maximum Gasteiger partial charge on any atom is 0.306 e. The van der Waals surface area contributed by atoms with Gasteiger partial charge in [0.2, 0.25) is 11.8 Å². The second-order valence-corrected chi connectivity index (χ2v) is 5.99. The smallest absolute Gasteiger partial charge is 0.306 e. The second kappa shape index (κ2) is 7.76. The summed E-state index contributed by atoms with van der Waals surface area (Å²) in [6.07, 6.45) is 3.00. The molecule has 1 aromatic rings. The Bertz CT molecular complexity index is 592. The van der Waals surface area contributed by atoms with Crippen molar-refractivity contribution in [2.45, 2.75) is 32.1 Å². The monoisotopic (exact) mass is 318 g/mol. The van der Waals surface area contributed by atoms with Crippen LogP contribution in [0.15, 0.2) is 24.3 Å². The summed E-state index contributed by atoms with van der Waals surface area (Å²) in [6.45, 7) is 0.486. The Balaban J connectivity index is 1.76. The molecule has 0 bridgehead atoms. The maximum absolute atomic E-state index is 12.1. The highest BCUT2D eigenvalue weighted by molar-refractivity contribution is 5.92. The zero-order valence-electron chi connectivity index (χ0n) is 13.0. The van der Waals surface area contributed by atoms with E-state index in [0.29, 0.717) is 44.2 Å². The van der Waals surface area contributed by atoms with Crippen LogP contribution >= 0.6 is 0 Å². The van der Waals surface area contributed by atoms with Crippen molar-refractivity contribution in [1.29, 1.82) is 0 Å². The number of carbonyl (C=O) groups is 3. The van der Waals surface area contributed by atoms with Crippen LogP contribution in [-0.2, 0) is 16.0 Å². The van der Waals surface area contributed by atoms with E-state index in [1.54, 1.807) is 18.2 Å². The van der Waals surface area contributed by atoms with Gasteiger partial charge in [0.25, 0.3) is 0 Å². The summed E-state index contributed by atoms with van der Waals surface area (Å²) in [7, 11) is 0. The van der Waals surface area contributed by atoms with Crippen LogP contribution in [0.2, 0.25) is 0 Å². The van der Waals surface area contributed by atoms with E-state index in [0.717, 1.165) is 5.56 Å². The standard InChI is InChI=1S/C17H22N2O4/c18-15(20)14-3-1-2-11(10-14)8-9-19-16(21)12-4-6-13(7-5-12)17(22)23/h1-3,10,12-13H,4-9H2,(H2,18,20)(H,19,21)(H,22,23). The molecule has 1 fully saturated rings. The van der Waals surface area contributed by atoms with Crippen LogP contribution in [0.5, 0.6) is 0 Å². The predicted molar refractivity (Wildman–Crippen MR) is 84.8 cm³/mol. The zero-order valence-corrected chi connectivity index (χ0v) is 13.0. The van der Waals surface area contributed by atoms with Crippen molar-refractivity contribution in [2.75, 3.05) is 6.54 Å². The van der Waals surface area contributed by atoms with Crippen LogP contribution in [0.1, 0.15) is 41.6 Å². The molecule has 4 N–H and O–H groups in total. The number of carboxylic acid groups (broad SMARTS) is 1. The Morgan fingerprint density at radius 3 is 2.39 bits per heavy atom. The first-order valence-electron chi connectivity index (χ1n) is 7.86. The van der Waals surface area contributed by atoms with E-state index in [1.807, 2.05) is 6.07 Å². The van der Waals surface area contributed by atoms with Gasteiger partial charge in [-0.2, -0.15) is 0 Å². The minimum Gasteiger partial charge on any atom is -0.481 e. The van der Waals surface area contributed by atoms with Gasteiger partial charge in [-0.3, -0.25) is 14.4 Å². The predicted octanol–water partition coefficient (Wildman–Crippen LogP) is 1.34. The second-order valence-electron chi connectivity index (χ2n) is 5.99. The Hall–Kier alpha value is -2.37. The lowest BCUT2D eigenvalue weighted by molar-refractivity contribution is -0.144. The molecule has 0 aliphatic heterocycles. The van der Waals surface area contributed by atoms with Gasteiger partial charge in [0.05, 0.1) is 5.92 Å². The fourth-order valence-electron chi connectivity index (χ4n) is 2.96. The summed E-state index contributed by atoms with van der Waals surface area (Å²) in [6, 6.07) is 7.04. The van der Waals surface area contributed by atoms with Gasteiger partial charge in [-0.25, -0.2) is 0 Å². The van der Waals surface area contributed by atoms with Crippen molar-refractivity contribution >= 4 is 17.8 Å². The Morgan fingerprint density at radius 1 is 1.13 bits per heavy atom. The van der Waals surface area contributed by atoms with Gasteiger partial charge < -0.3 is 16.2 Å². The summed E-state index contributed by atoms with van der Waals surface area (Å²) >= 11 is 0. The maximum atomic E-state index is 12.1. The number of benzene rings is 1. The molecule has 0 radical (unpaired) electrons. The van der Waals surface area contributed by atoms with Crippen molar-refractivity contribution in [2.24, 2.45) is 17.6 Å². The molecule has 124 valence electrons. The summed E-state index contributed by atoms with van der Waals surface area (Å²) in [5, 5.41) is 11.8. The molecule has 6 heteroatoms. The third-order valence-corrected chi connectivity index (χ3v) is 4.37. The SMILES string of the molecule is NC(=O)c1cccc(CCNC(=O)C2CCC(C(=O)O)CC2)c1. The summed E-state index contributed by atoms with van der Waals surface area (Å²) in [5.74, 6) is -1.65. The van der Waals surface area contributed by atoms with Gasteiger partial charge in [0.15, 0.2) is 0 Å². The largest absolute Gasteiger partial charge is 0.481 e. The molecule has 1 aliphatic carbocycles. The number of carbonyl (C=O) groups excluding carboxylic acids is 2. The van der Waals surface area contributed by atoms with Gasteiger partial charge in [-0.15, -0.1) is 0 Å². The molecule has 0 unspecified atom stereocenters. The van der Waals surface area contributed by atoms with E-state index in [9.17, 15) is 14.4 Å². The Labute approximate surface area is 135 Å². The molecule has 0 atom stereocenters. The van der Waals surface area contributed by atoms with Crippen molar-refractivity contribution in [3.05, 3.63) is 35.4 Å². The average Bonchev–Trinajstić information content (AvgIpc) is 2.55. The molecule has 0 saturated heterocycles. The molecular weight excluding hydrogens is 296 g/mol. The van der Waals surface area contributed by atoms with Crippen LogP contribution in [0.4, 0.5) is 0 Å². The molecule has 23 heavy (non-hydrogen) atoms. The fraction of sp³-hybridized carbons (Fsp3) is 0.471. The number of primary amides is 1. The molecule has 0 spiro atoms. The van der Waals surface area contributed by atoms with Crippen LogP contribution in [-0.4, -0.2) is 29.4 Å². The van der Waals surface area contributed by atoms with E-state index in [-0.39, 0.29) is 17.7 Å². The van der Waals surface area contributed by atoms with Gasteiger partial charge in [0, 0.05) is 18.0 Å². The highest BCUT2D eigenvalue weighted by Crippen LogP contribution is 2.28. The first-order valence-corrected chi connectivity index (χ1v) is 7.86. The zero-order chi connectivity index (χ0) is 16.8. The number of nitrogens with two attached hydrogens (primary N) is 1. The van der Waals surface area contributed by atoms with E-state index in [4.69, 9.17) is 10.8 Å². The Kier molecular flexibility index (Phi) is 5.73. The van der Waals surface area contributed by atoms with Crippen molar-refractivity contribution in [3.8, 4) is 0 Å². The normalized spacial score (nSPS) is 20.7. The Morgan fingerprint density at radius 2 is 1.78 bits per heavy atom. The minimum atomic E-state index is -0.766. The van der Waals surface area contributed by atoms with Gasteiger partial charge >= 0.3 is 5.97 Å². The number of rotatable bonds is 6. The minimum absolute atomic E-state index is 0.0140. The first-order chi connectivity index (χ1) is 11.0. The first kappa shape index (κ1) is 17.0. The van der Waals surface area contributed by atoms with Crippen LogP contribution < -0.4 is 11.1 Å². The molecule has 1 saturated carbocycles. The molecule has 2 amide bonds. The lowest BCUT2D eigenvalue weighted by Gasteiger charge is -2.25. The van der Waals surface area contributed by atoms with E-state index in [2.05, 4.69) is 5.32 Å². The van der Waals surface area contributed by atoms with Crippen LogP contribution in [0.3, 0.4) is 0 Å². The topological polar surface area (TPSA) is 109 Å². The number of nitrogens with one attached hydrogen (secondary N) is 1. The molecule has 2 rings (SSSR count). The fourth-order valence-corrected chi connectivity index (χ4v) is 2.96. The third-order valence-electron chi connectivity index (χ3n) is 4.37. The number of hydrogen-bond donors (Lipinski definition) is 3. The molecular formula is C17H22N2O4. The number of aliphatic carboxylic acids is 1. The third kappa shape index (κ3) is 4.81. The summed E-state index contributed by atoms with van der Waals surface area (Å²) < 4.78 is 0. The van der Waals surface area contributed by atoms with E-state index in [1.165, 1.54) is 0 Å². The highest BCUT2D eigenvalue weighted by atomic mass is 16.4. The molecule has 1 aromatic carbocycles. The number of amides is 2. The molecule has 0 aromatic heterocycles.